The molecule has 0 bridgehead atoms. The number of primary amides is 1. The largest absolute Gasteiger partial charge is 0.368 e. The van der Waals surface area contributed by atoms with Crippen molar-refractivity contribution >= 4 is 29.3 Å². The molecule has 0 aliphatic heterocycles. The van der Waals surface area contributed by atoms with Crippen molar-refractivity contribution in [2.45, 2.75) is 55.8 Å². The summed E-state index contributed by atoms with van der Waals surface area (Å²) in [5, 5.41) is 4.22. The second kappa shape index (κ2) is 7.34. The fourth-order valence-electron chi connectivity index (χ4n) is 2.24. The molecule has 1 aromatic rings. The van der Waals surface area contributed by atoms with E-state index in [2.05, 4.69) is 12.2 Å². The average Bonchev–Trinajstić information content (AvgIpc) is 2.30. The molecule has 1 aromatic carbocycles. The second-order valence-electron chi connectivity index (χ2n) is 5.56. The number of benzene rings is 1. The van der Waals surface area contributed by atoms with Crippen molar-refractivity contribution in [2.24, 2.45) is 5.73 Å². The first-order valence-corrected chi connectivity index (χ1v) is 7.99. The summed E-state index contributed by atoms with van der Waals surface area (Å²) < 4.78 is 0. The van der Waals surface area contributed by atoms with Crippen molar-refractivity contribution in [1.29, 1.82) is 0 Å². The van der Waals surface area contributed by atoms with Crippen LogP contribution in [0.3, 0.4) is 0 Å². The van der Waals surface area contributed by atoms with Gasteiger partial charge < -0.3 is 11.1 Å². The predicted octanol–water partition coefficient (Wildman–Crippen LogP) is 3.45. The van der Waals surface area contributed by atoms with Gasteiger partial charge in [0.05, 0.1) is 10.6 Å². The van der Waals surface area contributed by atoms with E-state index in [0.29, 0.717) is 6.42 Å². The first kappa shape index (κ1) is 17.3. The highest BCUT2D eigenvalue weighted by Gasteiger charge is 2.33. The molecule has 3 N–H and O–H groups in total. The van der Waals surface area contributed by atoms with Gasteiger partial charge in [-0.25, -0.2) is 0 Å². The summed E-state index contributed by atoms with van der Waals surface area (Å²) in [7, 11) is 0. The number of nitrogens with one attached hydrogen (secondary N) is 1. The molecule has 3 nitrogen and oxygen atoms in total. The number of rotatable bonds is 7. The Morgan fingerprint density at radius 1 is 1.40 bits per heavy atom. The van der Waals surface area contributed by atoms with Gasteiger partial charge in [0.25, 0.3) is 0 Å². The number of hydrogen-bond acceptors (Lipinski definition) is 3. The van der Waals surface area contributed by atoms with Gasteiger partial charge in [0.2, 0.25) is 5.91 Å². The van der Waals surface area contributed by atoms with Crippen LogP contribution in [0.4, 0.5) is 0 Å². The van der Waals surface area contributed by atoms with E-state index in [4.69, 9.17) is 17.3 Å². The molecule has 2 atom stereocenters. The van der Waals surface area contributed by atoms with E-state index in [1.165, 1.54) is 0 Å². The Morgan fingerprint density at radius 2 is 2.00 bits per heavy atom. The number of hydrogen-bond donors (Lipinski definition) is 2. The standard InChI is InChI=1S/C15H23ClN2OS/c1-10(2)18-15(4,14(17)19)9-11(3)20-13-8-6-5-7-12(13)16/h5-8,10-11,18H,9H2,1-4H3,(H2,17,19). The number of nitrogens with two attached hydrogens (primary N) is 1. The van der Waals surface area contributed by atoms with Crippen molar-refractivity contribution < 1.29 is 4.79 Å². The molecule has 5 heteroatoms. The molecule has 20 heavy (non-hydrogen) atoms. The Kier molecular flexibility index (Phi) is 6.37. The molecule has 0 spiro atoms. The Labute approximate surface area is 130 Å². The van der Waals surface area contributed by atoms with Gasteiger partial charge in [-0.05, 0) is 39.3 Å². The summed E-state index contributed by atoms with van der Waals surface area (Å²) in [6, 6.07) is 7.92. The van der Waals surface area contributed by atoms with Gasteiger partial charge in [0.15, 0.2) is 0 Å². The highest BCUT2D eigenvalue weighted by molar-refractivity contribution is 8.00. The van der Waals surface area contributed by atoms with Gasteiger partial charge in [0.1, 0.15) is 0 Å². The minimum Gasteiger partial charge on any atom is -0.368 e. The SMILES string of the molecule is CC(C)NC(C)(CC(C)Sc1ccccc1Cl)C(N)=O. The molecule has 112 valence electrons. The average molecular weight is 315 g/mol. The van der Waals surface area contributed by atoms with Crippen LogP contribution in [-0.4, -0.2) is 22.7 Å². The molecule has 2 unspecified atom stereocenters. The van der Waals surface area contributed by atoms with Crippen LogP contribution in [0, 0.1) is 0 Å². The number of halogens is 1. The summed E-state index contributed by atoms with van der Waals surface area (Å²) in [6.45, 7) is 7.95. The lowest BCUT2D eigenvalue weighted by molar-refractivity contribution is -0.124. The van der Waals surface area contributed by atoms with Gasteiger partial charge >= 0.3 is 0 Å². The quantitative estimate of drug-likeness (QED) is 0.758. The third-order valence-electron chi connectivity index (χ3n) is 3.01. The first-order chi connectivity index (χ1) is 9.24. The Balaban J connectivity index is 2.74. The van der Waals surface area contributed by atoms with Crippen LogP contribution < -0.4 is 11.1 Å². The van der Waals surface area contributed by atoms with Crippen LogP contribution >= 0.6 is 23.4 Å². The van der Waals surface area contributed by atoms with Gasteiger partial charge in [-0.2, -0.15) is 0 Å². The topological polar surface area (TPSA) is 55.1 Å². The Hall–Kier alpha value is -0.710. The van der Waals surface area contributed by atoms with E-state index in [9.17, 15) is 4.79 Å². The molecule has 0 aromatic heterocycles. The maximum atomic E-state index is 11.7. The van der Waals surface area contributed by atoms with Crippen molar-refractivity contribution in [3.63, 3.8) is 0 Å². The molecule has 0 aliphatic rings. The molecular weight excluding hydrogens is 292 g/mol. The van der Waals surface area contributed by atoms with Crippen LogP contribution in [0.1, 0.15) is 34.1 Å². The zero-order valence-corrected chi connectivity index (χ0v) is 14.0. The summed E-state index contributed by atoms with van der Waals surface area (Å²) in [5.41, 5.74) is 4.85. The lowest BCUT2D eigenvalue weighted by atomic mass is 9.94. The summed E-state index contributed by atoms with van der Waals surface area (Å²) >= 11 is 7.82. The molecule has 0 radical (unpaired) electrons. The first-order valence-electron chi connectivity index (χ1n) is 6.73. The maximum Gasteiger partial charge on any atom is 0.237 e. The van der Waals surface area contributed by atoms with Crippen LogP contribution in [0.5, 0.6) is 0 Å². The molecular formula is C15H23ClN2OS. The number of carbonyl (C=O) groups excluding carboxylic acids is 1. The normalized spacial score (nSPS) is 15.9. The van der Waals surface area contributed by atoms with Crippen molar-refractivity contribution in [3.05, 3.63) is 29.3 Å². The van der Waals surface area contributed by atoms with Crippen LogP contribution in [-0.2, 0) is 4.79 Å². The lowest BCUT2D eigenvalue weighted by Gasteiger charge is -2.32. The monoisotopic (exact) mass is 314 g/mol. The highest BCUT2D eigenvalue weighted by Crippen LogP contribution is 2.33. The predicted molar refractivity (Wildman–Crippen MR) is 87.3 cm³/mol. The van der Waals surface area contributed by atoms with E-state index in [1.54, 1.807) is 11.8 Å². The van der Waals surface area contributed by atoms with Gasteiger partial charge in [-0.3, -0.25) is 4.79 Å². The molecule has 1 rings (SSSR count). The molecule has 0 fully saturated rings. The number of amides is 1. The van der Waals surface area contributed by atoms with Gasteiger partial charge in [0, 0.05) is 16.2 Å². The molecule has 0 heterocycles. The summed E-state index contributed by atoms with van der Waals surface area (Å²) in [4.78, 5) is 12.8. The minimum absolute atomic E-state index is 0.199. The summed E-state index contributed by atoms with van der Waals surface area (Å²) in [6.07, 6.45) is 0.649. The number of thioether (sulfide) groups is 1. The number of carbonyl (C=O) groups is 1. The third-order valence-corrected chi connectivity index (χ3v) is 4.63. The van der Waals surface area contributed by atoms with Crippen LogP contribution in [0.2, 0.25) is 5.02 Å². The van der Waals surface area contributed by atoms with E-state index >= 15 is 0 Å². The minimum atomic E-state index is -0.707. The van der Waals surface area contributed by atoms with Crippen molar-refractivity contribution in [1.82, 2.24) is 5.32 Å². The molecule has 0 aliphatic carbocycles. The summed E-state index contributed by atoms with van der Waals surface area (Å²) in [5.74, 6) is -0.321. The van der Waals surface area contributed by atoms with E-state index in [0.717, 1.165) is 9.92 Å². The molecule has 0 saturated carbocycles. The second-order valence-corrected chi connectivity index (χ2v) is 7.45. The Bertz CT molecular complexity index is 467. The lowest BCUT2D eigenvalue weighted by Crippen LogP contribution is -2.56. The zero-order valence-electron chi connectivity index (χ0n) is 12.4. The van der Waals surface area contributed by atoms with Gasteiger partial charge in [-0.1, -0.05) is 30.7 Å². The zero-order chi connectivity index (χ0) is 15.3. The van der Waals surface area contributed by atoms with Crippen molar-refractivity contribution in [3.8, 4) is 0 Å². The van der Waals surface area contributed by atoms with Crippen LogP contribution in [0.25, 0.3) is 0 Å². The van der Waals surface area contributed by atoms with Crippen molar-refractivity contribution in [2.75, 3.05) is 0 Å². The highest BCUT2D eigenvalue weighted by atomic mass is 35.5. The maximum absolute atomic E-state index is 11.7. The smallest absolute Gasteiger partial charge is 0.237 e. The fourth-order valence-corrected chi connectivity index (χ4v) is 3.70. The van der Waals surface area contributed by atoms with E-state index in [-0.39, 0.29) is 17.2 Å². The Morgan fingerprint density at radius 3 is 2.50 bits per heavy atom. The molecule has 0 saturated heterocycles. The van der Waals surface area contributed by atoms with E-state index < -0.39 is 5.54 Å². The van der Waals surface area contributed by atoms with E-state index in [1.807, 2.05) is 45.0 Å². The molecule has 1 amide bonds. The van der Waals surface area contributed by atoms with Gasteiger partial charge in [-0.15, -0.1) is 11.8 Å². The van der Waals surface area contributed by atoms with Crippen LogP contribution in [0.15, 0.2) is 29.2 Å². The fraction of sp³-hybridized carbons (Fsp3) is 0.533. The third kappa shape index (κ3) is 5.00.